The van der Waals surface area contributed by atoms with Crippen LogP contribution in [0.3, 0.4) is 0 Å². The second-order valence-corrected chi connectivity index (χ2v) is 5.65. The van der Waals surface area contributed by atoms with Crippen LogP contribution in [0.2, 0.25) is 0 Å². The normalized spacial score (nSPS) is 12.5. The zero-order valence-corrected chi connectivity index (χ0v) is 13.0. The van der Waals surface area contributed by atoms with Crippen molar-refractivity contribution in [1.82, 2.24) is 0 Å². The number of ether oxygens (including phenoxy) is 1. The first-order valence-corrected chi connectivity index (χ1v) is 7.24. The molecule has 0 aliphatic carbocycles. The largest absolute Gasteiger partial charge is 0.491 e. The molecule has 2 aromatic carbocycles. The quantitative estimate of drug-likeness (QED) is 0.895. The summed E-state index contributed by atoms with van der Waals surface area (Å²) in [4.78, 5) is 0. The Hall–Kier alpha value is -1.39. The molecule has 20 heavy (non-hydrogen) atoms. The molecule has 0 radical (unpaired) electrons. The average molecular weight is 338 g/mol. The van der Waals surface area contributed by atoms with E-state index in [-0.39, 0.29) is 11.9 Å². The summed E-state index contributed by atoms with van der Waals surface area (Å²) < 4.78 is 19.6. The van der Waals surface area contributed by atoms with Crippen molar-refractivity contribution in [2.75, 3.05) is 0 Å². The lowest BCUT2D eigenvalue weighted by atomic mass is 9.99. The third-order valence-electron chi connectivity index (χ3n) is 2.91. The molecule has 2 rings (SSSR count). The zero-order chi connectivity index (χ0) is 14.7. The molecular formula is C16H17BrFNO. The highest BCUT2D eigenvalue weighted by molar-refractivity contribution is 9.10. The molecule has 0 saturated carbocycles. The number of hydrogen-bond acceptors (Lipinski definition) is 2. The second kappa shape index (κ2) is 6.37. The highest BCUT2D eigenvalue weighted by Crippen LogP contribution is 2.30. The molecule has 0 saturated heterocycles. The molecule has 0 bridgehead atoms. The molecule has 0 amide bonds. The molecule has 1 unspecified atom stereocenters. The Morgan fingerprint density at radius 3 is 2.55 bits per heavy atom. The molecule has 4 heteroatoms. The van der Waals surface area contributed by atoms with E-state index in [0.717, 1.165) is 11.3 Å². The first-order chi connectivity index (χ1) is 9.49. The fourth-order valence-electron chi connectivity index (χ4n) is 1.99. The predicted molar refractivity (Wildman–Crippen MR) is 82.3 cm³/mol. The van der Waals surface area contributed by atoms with E-state index < -0.39 is 6.04 Å². The van der Waals surface area contributed by atoms with Crippen LogP contribution in [0.15, 0.2) is 46.9 Å². The maximum absolute atomic E-state index is 13.6. The Morgan fingerprint density at radius 2 is 1.85 bits per heavy atom. The van der Waals surface area contributed by atoms with Crippen LogP contribution in [-0.4, -0.2) is 6.10 Å². The van der Waals surface area contributed by atoms with E-state index in [0.29, 0.717) is 10.0 Å². The number of halogens is 2. The number of nitrogens with two attached hydrogens (primary N) is 1. The van der Waals surface area contributed by atoms with Gasteiger partial charge in [-0.05, 0) is 59.1 Å². The van der Waals surface area contributed by atoms with Gasteiger partial charge in [-0.2, -0.15) is 0 Å². The smallest absolute Gasteiger partial charge is 0.137 e. The van der Waals surface area contributed by atoms with Gasteiger partial charge in [0.05, 0.1) is 16.6 Å². The van der Waals surface area contributed by atoms with Crippen molar-refractivity contribution in [3.63, 3.8) is 0 Å². The summed E-state index contributed by atoms with van der Waals surface area (Å²) in [5.74, 6) is 0.452. The third-order valence-corrected chi connectivity index (χ3v) is 3.74. The molecular weight excluding hydrogens is 321 g/mol. The minimum atomic E-state index is -0.407. The molecule has 0 aromatic heterocycles. The third kappa shape index (κ3) is 3.38. The van der Waals surface area contributed by atoms with Crippen molar-refractivity contribution in [3.05, 3.63) is 63.9 Å². The summed E-state index contributed by atoms with van der Waals surface area (Å²) in [5, 5.41) is 0. The lowest BCUT2D eigenvalue weighted by Gasteiger charge is -2.17. The maximum Gasteiger partial charge on any atom is 0.137 e. The van der Waals surface area contributed by atoms with Crippen molar-refractivity contribution in [1.29, 1.82) is 0 Å². The van der Waals surface area contributed by atoms with E-state index in [1.54, 1.807) is 6.07 Å². The monoisotopic (exact) mass is 337 g/mol. The molecule has 0 heterocycles. The summed E-state index contributed by atoms with van der Waals surface area (Å²) in [6.45, 7) is 3.94. The maximum atomic E-state index is 13.6. The van der Waals surface area contributed by atoms with Crippen LogP contribution in [0.5, 0.6) is 5.75 Å². The molecule has 106 valence electrons. The molecule has 1 atom stereocenters. The van der Waals surface area contributed by atoms with Gasteiger partial charge in [0.1, 0.15) is 11.6 Å². The van der Waals surface area contributed by atoms with Gasteiger partial charge in [0.25, 0.3) is 0 Å². The van der Waals surface area contributed by atoms with Crippen molar-refractivity contribution in [3.8, 4) is 5.75 Å². The minimum Gasteiger partial charge on any atom is -0.491 e. The van der Waals surface area contributed by atoms with Gasteiger partial charge in [-0.1, -0.05) is 24.3 Å². The average Bonchev–Trinajstić information content (AvgIpc) is 2.41. The standard InChI is InChI=1S/C16H17BrFNO/c1-10(2)20-12-6-3-5-11(9-12)16(19)13-7-4-8-14(18)15(13)17/h3-10,16H,19H2,1-2H3. The minimum absolute atomic E-state index is 0.0994. The van der Waals surface area contributed by atoms with Gasteiger partial charge in [-0.15, -0.1) is 0 Å². The van der Waals surface area contributed by atoms with Crippen LogP contribution in [0, 0.1) is 5.82 Å². The van der Waals surface area contributed by atoms with E-state index in [2.05, 4.69) is 15.9 Å². The number of rotatable bonds is 4. The van der Waals surface area contributed by atoms with E-state index >= 15 is 0 Å². The van der Waals surface area contributed by atoms with Gasteiger partial charge in [-0.25, -0.2) is 4.39 Å². The first kappa shape index (κ1) is 15.0. The Kier molecular flexibility index (Phi) is 4.78. The van der Waals surface area contributed by atoms with Gasteiger partial charge in [0, 0.05) is 0 Å². The van der Waals surface area contributed by atoms with Crippen LogP contribution in [0.25, 0.3) is 0 Å². The van der Waals surface area contributed by atoms with Gasteiger partial charge in [0.15, 0.2) is 0 Å². The fraction of sp³-hybridized carbons (Fsp3) is 0.250. The Morgan fingerprint density at radius 1 is 1.15 bits per heavy atom. The number of hydrogen-bond donors (Lipinski definition) is 1. The van der Waals surface area contributed by atoms with Gasteiger partial charge in [0.2, 0.25) is 0 Å². The van der Waals surface area contributed by atoms with Crippen LogP contribution >= 0.6 is 15.9 Å². The predicted octanol–water partition coefficient (Wildman–Crippen LogP) is 4.42. The number of benzene rings is 2. The zero-order valence-electron chi connectivity index (χ0n) is 11.4. The van der Waals surface area contributed by atoms with Crippen LogP contribution < -0.4 is 10.5 Å². The van der Waals surface area contributed by atoms with E-state index in [1.807, 2.05) is 44.2 Å². The molecule has 0 aliphatic heterocycles. The molecule has 0 spiro atoms. The molecule has 0 fully saturated rings. The van der Waals surface area contributed by atoms with Crippen LogP contribution in [0.1, 0.15) is 31.0 Å². The van der Waals surface area contributed by atoms with Crippen LogP contribution in [0.4, 0.5) is 4.39 Å². The fourth-order valence-corrected chi connectivity index (χ4v) is 2.50. The van der Waals surface area contributed by atoms with E-state index in [1.165, 1.54) is 6.07 Å². The van der Waals surface area contributed by atoms with Crippen molar-refractivity contribution in [2.45, 2.75) is 26.0 Å². The summed E-state index contributed by atoms with van der Waals surface area (Å²) in [6, 6.07) is 12.0. The summed E-state index contributed by atoms with van der Waals surface area (Å²) in [6.07, 6.45) is 0.0994. The highest BCUT2D eigenvalue weighted by Gasteiger charge is 2.15. The highest BCUT2D eigenvalue weighted by atomic mass is 79.9. The first-order valence-electron chi connectivity index (χ1n) is 6.45. The molecule has 2 N–H and O–H groups in total. The van der Waals surface area contributed by atoms with Crippen molar-refractivity contribution >= 4 is 15.9 Å². The SMILES string of the molecule is CC(C)Oc1cccc(C(N)c2cccc(F)c2Br)c1. The summed E-state index contributed by atoms with van der Waals surface area (Å²) >= 11 is 3.25. The van der Waals surface area contributed by atoms with Gasteiger partial charge >= 0.3 is 0 Å². The van der Waals surface area contributed by atoms with Crippen LogP contribution in [-0.2, 0) is 0 Å². The Labute approximate surface area is 126 Å². The summed E-state index contributed by atoms with van der Waals surface area (Å²) in [5.41, 5.74) is 7.83. The Balaban J connectivity index is 2.33. The second-order valence-electron chi connectivity index (χ2n) is 4.86. The van der Waals surface area contributed by atoms with E-state index in [9.17, 15) is 4.39 Å². The molecule has 0 aliphatic rings. The molecule has 2 aromatic rings. The van der Waals surface area contributed by atoms with Crippen molar-refractivity contribution < 1.29 is 9.13 Å². The van der Waals surface area contributed by atoms with Gasteiger partial charge in [-0.3, -0.25) is 0 Å². The topological polar surface area (TPSA) is 35.2 Å². The lowest BCUT2D eigenvalue weighted by molar-refractivity contribution is 0.242. The summed E-state index contributed by atoms with van der Waals surface area (Å²) in [7, 11) is 0. The lowest BCUT2D eigenvalue weighted by Crippen LogP contribution is -2.13. The van der Waals surface area contributed by atoms with Crippen molar-refractivity contribution in [2.24, 2.45) is 5.73 Å². The Bertz CT molecular complexity index is 601. The van der Waals surface area contributed by atoms with Gasteiger partial charge < -0.3 is 10.5 Å². The molecule has 2 nitrogen and oxygen atoms in total. The van der Waals surface area contributed by atoms with E-state index in [4.69, 9.17) is 10.5 Å².